The van der Waals surface area contributed by atoms with Crippen LogP contribution in [0.2, 0.25) is 0 Å². The van der Waals surface area contributed by atoms with Gasteiger partial charge in [0.25, 0.3) is 0 Å². The summed E-state index contributed by atoms with van der Waals surface area (Å²) in [5.41, 5.74) is 3.02. The van der Waals surface area contributed by atoms with E-state index in [1.54, 1.807) is 28.4 Å². The first kappa shape index (κ1) is 22.3. The number of guanidine groups is 1. The molecule has 1 aliphatic heterocycles. The molecule has 8 nitrogen and oxygen atoms in total. The largest absolute Gasteiger partial charge is 0.493 e. The van der Waals surface area contributed by atoms with Gasteiger partial charge in [-0.1, -0.05) is 24.3 Å². The molecule has 8 heteroatoms. The van der Waals surface area contributed by atoms with Crippen LogP contribution in [0.25, 0.3) is 0 Å². The molecule has 0 spiro atoms. The molecule has 2 aromatic rings. The Morgan fingerprint density at radius 3 is 2.55 bits per heavy atom. The molecular formula is C23H30N4O4. The van der Waals surface area contributed by atoms with E-state index in [-0.39, 0.29) is 11.8 Å². The molecule has 2 aromatic carbocycles. The van der Waals surface area contributed by atoms with Crippen molar-refractivity contribution in [3.05, 3.63) is 47.5 Å². The van der Waals surface area contributed by atoms with Gasteiger partial charge in [-0.2, -0.15) is 0 Å². The summed E-state index contributed by atoms with van der Waals surface area (Å²) >= 11 is 0. The van der Waals surface area contributed by atoms with Gasteiger partial charge in [-0.3, -0.25) is 9.79 Å². The van der Waals surface area contributed by atoms with Crippen molar-refractivity contribution in [1.29, 1.82) is 0 Å². The number of ether oxygens (including phenoxy) is 3. The van der Waals surface area contributed by atoms with Crippen molar-refractivity contribution < 1.29 is 19.0 Å². The summed E-state index contributed by atoms with van der Waals surface area (Å²) in [4.78, 5) is 16.3. The Bertz CT molecular complexity index is 945. The van der Waals surface area contributed by atoms with E-state index in [4.69, 9.17) is 14.2 Å². The number of hydrogen-bond acceptors (Lipinski definition) is 5. The van der Waals surface area contributed by atoms with Gasteiger partial charge in [0.1, 0.15) is 0 Å². The Kier molecular flexibility index (Phi) is 7.59. The minimum absolute atomic E-state index is 0.0361. The summed E-state index contributed by atoms with van der Waals surface area (Å²) in [5, 5.41) is 9.59. The molecule has 0 saturated carbocycles. The van der Waals surface area contributed by atoms with Gasteiger partial charge in [0.2, 0.25) is 11.7 Å². The molecule has 0 radical (unpaired) electrons. The molecule has 3 rings (SSSR count). The van der Waals surface area contributed by atoms with Crippen LogP contribution in [-0.4, -0.2) is 53.3 Å². The standard InChI is InChI=1S/C23H30N4O4/c1-24-23(26-14-16-13-20(28)27-18-8-6-5-7-17(16)18)25-12-11-15-9-10-19(29-2)22(31-4)21(15)30-3/h5-10,16H,11-14H2,1-4H3,(H,27,28)(H2,24,25,26). The Morgan fingerprint density at radius 2 is 1.84 bits per heavy atom. The van der Waals surface area contributed by atoms with Gasteiger partial charge < -0.3 is 30.2 Å². The Balaban J connectivity index is 1.58. The number of anilines is 1. The quantitative estimate of drug-likeness (QED) is 0.444. The number of carbonyl (C=O) groups excluding carboxylic acids is 1. The molecule has 31 heavy (non-hydrogen) atoms. The van der Waals surface area contributed by atoms with Gasteiger partial charge in [-0.15, -0.1) is 0 Å². The van der Waals surface area contributed by atoms with Crippen LogP contribution in [0.15, 0.2) is 41.4 Å². The third kappa shape index (κ3) is 5.20. The number of rotatable bonds is 8. The fourth-order valence-electron chi connectivity index (χ4n) is 3.80. The number of nitrogens with one attached hydrogen (secondary N) is 3. The molecule has 3 N–H and O–H groups in total. The lowest BCUT2D eigenvalue weighted by Crippen LogP contribution is -2.41. The van der Waals surface area contributed by atoms with E-state index in [9.17, 15) is 4.79 Å². The topological polar surface area (TPSA) is 93.2 Å². The van der Waals surface area contributed by atoms with Crippen molar-refractivity contribution in [1.82, 2.24) is 10.6 Å². The maximum absolute atomic E-state index is 12.0. The first-order valence-electron chi connectivity index (χ1n) is 10.2. The average molecular weight is 427 g/mol. The second kappa shape index (κ2) is 10.6. The second-order valence-corrected chi connectivity index (χ2v) is 7.16. The molecule has 0 bridgehead atoms. The summed E-state index contributed by atoms with van der Waals surface area (Å²) < 4.78 is 16.3. The zero-order valence-electron chi connectivity index (χ0n) is 18.5. The first-order valence-corrected chi connectivity index (χ1v) is 10.2. The molecular weight excluding hydrogens is 396 g/mol. The van der Waals surface area contributed by atoms with E-state index in [2.05, 4.69) is 27.0 Å². The number of methoxy groups -OCH3 is 3. The molecule has 0 aromatic heterocycles. The maximum Gasteiger partial charge on any atom is 0.225 e. The number of nitrogens with zero attached hydrogens (tertiary/aromatic N) is 1. The fourth-order valence-corrected chi connectivity index (χ4v) is 3.80. The molecule has 1 amide bonds. The molecule has 1 aliphatic rings. The van der Waals surface area contributed by atoms with E-state index in [0.717, 1.165) is 16.8 Å². The van der Waals surface area contributed by atoms with E-state index in [1.165, 1.54) is 0 Å². The zero-order valence-corrected chi connectivity index (χ0v) is 18.5. The van der Waals surface area contributed by atoms with Crippen LogP contribution >= 0.6 is 0 Å². The summed E-state index contributed by atoms with van der Waals surface area (Å²) in [5.74, 6) is 2.69. The predicted octanol–water partition coefficient (Wildman–Crippen LogP) is 2.55. The van der Waals surface area contributed by atoms with Crippen LogP contribution < -0.4 is 30.2 Å². The third-order valence-electron chi connectivity index (χ3n) is 5.32. The Morgan fingerprint density at radius 1 is 1.06 bits per heavy atom. The van der Waals surface area contributed by atoms with Crippen molar-refractivity contribution in [2.75, 3.05) is 46.8 Å². The molecule has 0 aliphatic carbocycles. The van der Waals surface area contributed by atoms with E-state index in [1.807, 2.05) is 30.3 Å². The van der Waals surface area contributed by atoms with Crippen LogP contribution in [-0.2, 0) is 11.2 Å². The first-order chi connectivity index (χ1) is 15.1. The van der Waals surface area contributed by atoms with Gasteiger partial charge in [0.05, 0.1) is 21.3 Å². The maximum atomic E-state index is 12.0. The van der Waals surface area contributed by atoms with Crippen molar-refractivity contribution in [3.8, 4) is 17.2 Å². The lowest BCUT2D eigenvalue weighted by Gasteiger charge is -2.26. The third-order valence-corrected chi connectivity index (χ3v) is 5.32. The van der Waals surface area contributed by atoms with Crippen LogP contribution in [0.3, 0.4) is 0 Å². The number of hydrogen-bond donors (Lipinski definition) is 3. The van der Waals surface area contributed by atoms with E-state index >= 15 is 0 Å². The number of fused-ring (bicyclic) bond motifs is 1. The molecule has 1 unspecified atom stereocenters. The highest BCUT2D eigenvalue weighted by atomic mass is 16.5. The van der Waals surface area contributed by atoms with Crippen LogP contribution in [0.1, 0.15) is 23.5 Å². The van der Waals surface area contributed by atoms with Gasteiger partial charge in [-0.05, 0) is 24.1 Å². The normalized spacial score (nSPS) is 15.5. The molecule has 0 fully saturated rings. The molecule has 166 valence electrons. The number of aliphatic imine (C=N–C) groups is 1. The van der Waals surface area contributed by atoms with Gasteiger partial charge in [0.15, 0.2) is 17.5 Å². The van der Waals surface area contributed by atoms with Gasteiger partial charge in [0, 0.05) is 43.7 Å². The molecule has 0 saturated heterocycles. The van der Waals surface area contributed by atoms with E-state index in [0.29, 0.717) is 49.1 Å². The predicted molar refractivity (Wildman–Crippen MR) is 122 cm³/mol. The van der Waals surface area contributed by atoms with Gasteiger partial charge in [-0.25, -0.2) is 0 Å². The van der Waals surface area contributed by atoms with Crippen LogP contribution in [0, 0.1) is 0 Å². The van der Waals surface area contributed by atoms with Crippen LogP contribution in [0.5, 0.6) is 17.2 Å². The van der Waals surface area contributed by atoms with Crippen molar-refractivity contribution >= 4 is 17.6 Å². The lowest BCUT2D eigenvalue weighted by atomic mass is 9.90. The summed E-state index contributed by atoms with van der Waals surface area (Å²) in [6.45, 7) is 1.26. The number of carbonyl (C=O) groups is 1. The summed E-state index contributed by atoms with van der Waals surface area (Å²) in [6, 6.07) is 11.7. The Labute approximate surface area is 183 Å². The molecule has 1 heterocycles. The Hall–Kier alpha value is -3.42. The average Bonchev–Trinajstić information content (AvgIpc) is 2.80. The van der Waals surface area contributed by atoms with Crippen molar-refractivity contribution in [3.63, 3.8) is 0 Å². The highest BCUT2D eigenvalue weighted by Crippen LogP contribution is 2.39. The van der Waals surface area contributed by atoms with Crippen molar-refractivity contribution in [2.45, 2.75) is 18.8 Å². The minimum atomic E-state index is 0.0361. The fraction of sp³-hybridized carbons (Fsp3) is 0.391. The number of benzene rings is 2. The smallest absolute Gasteiger partial charge is 0.225 e. The number of para-hydroxylation sites is 1. The summed E-state index contributed by atoms with van der Waals surface area (Å²) in [6.07, 6.45) is 1.16. The molecule has 1 atom stereocenters. The highest BCUT2D eigenvalue weighted by Gasteiger charge is 2.24. The lowest BCUT2D eigenvalue weighted by molar-refractivity contribution is -0.116. The van der Waals surface area contributed by atoms with Gasteiger partial charge >= 0.3 is 0 Å². The zero-order chi connectivity index (χ0) is 22.2. The minimum Gasteiger partial charge on any atom is -0.493 e. The van der Waals surface area contributed by atoms with Crippen molar-refractivity contribution in [2.24, 2.45) is 4.99 Å². The van der Waals surface area contributed by atoms with Crippen LogP contribution in [0.4, 0.5) is 5.69 Å². The monoisotopic (exact) mass is 426 g/mol. The number of amides is 1. The SMILES string of the molecule is CN=C(NCCc1ccc(OC)c(OC)c1OC)NCC1CC(=O)Nc2ccccc21. The summed E-state index contributed by atoms with van der Waals surface area (Å²) in [7, 11) is 6.54. The second-order valence-electron chi connectivity index (χ2n) is 7.16. The highest BCUT2D eigenvalue weighted by molar-refractivity contribution is 5.94. The van der Waals surface area contributed by atoms with E-state index < -0.39 is 0 Å².